The molecule has 0 radical (unpaired) electrons. The van der Waals surface area contributed by atoms with Crippen molar-refractivity contribution in [1.82, 2.24) is 5.43 Å². The monoisotopic (exact) mass is 296 g/mol. The minimum absolute atomic E-state index is 0.0241. The topological polar surface area (TPSA) is 38.0 Å². The van der Waals surface area contributed by atoms with Gasteiger partial charge < -0.3 is 0 Å². The smallest absolute Gasteiger partial charge is 0.200 e. The van der Waals surface area contributed by atoms with Crippen molar-refractivity contribution in [3.8, 4) is 0 Å². The van der Waals surface area contributed by atoms with Crippen LogP contribution in [0.4, 0.5) is 22.0 Å². The van der Waals surface area contributed by atoms with E-state index in [0.29, 0.717) is 0 Å². The van der Waals surface area contributed by atoms with Crippen LogP contribution in [0, 0.1) is 35.0 Å². The van der Waals surface area contributed by atoms with Crippen LogP contribution in [0.15, 0.2) is 0 Å². The summed E-state index contributed by atoms with van der Waals surface area (Å²) in [6.45, 7) is 3.75. The van der Waals surface area contributed by atoms with E-state index in [1.807, 2.05) is 13.8 Å². The number of nitrogens with one attached hydrogen (secondary N) is 1. The molecule has 0 saturated heterocycles. The van der Waals surface area contributed by atoms with Gasteiger partial charge in [-0.2, -0.15) is 0 Å². The van der Waals surface area contributed by atoms with Crippen molar-refractivity contribution < 1.29 is 22.0 Å². The molecule has 2 unspecified atom stereocenters. The summed E-state index contributed by atoms with van der Waals surface area (Å²) in [6, 6.07) is -1.14. The van der Waals surface area contributed by atoms with Crippen molar-refractivity contribution in [3.05, 3.63) is 34.6 Å². The predicted molar refractivity (Wildman–Crippen MR) is 65.0 cm³/mol. The number of hydrogen-bond acceptors (Lipinski definition) is 2. The molecule has 20 heavy (non-hydrogen) atoms. The van der Waals surface area contributed by atoms with Gasteiger partial charge in [-0.25, -0.2) is 22.0 Å². The Balaban J connectivity index is 3.22. The van der Waals surface area contributed by atoms with E-state index in [1.54, 1.807) is 0 Å². The molecule has 1 rings (SSSR count). The van der Waals surface area contributed by atoms with Crippen LogP contribution in [0.25, 0.3) is 0 Å². The highest BCUT2D eigenvalue weighted by atomic mass is 19.2. The number of benzene rings is 1. The normalized spacial score (nSPS) is 14.4. The number of nitrogens with two attached hydrogens (primary N) is 1. The summed E-state index contributed by atoms with van der Waals surface area (Å²) < 4.78 is 66.6. The van der Waals surface area contributed by atoms with Crippen LogP contribution >= 0.6 is 0 Å². The summed E-state index contributed by atoms with van der Waals surface area (Å²) in [5, 5.41) is 0. The number of hydrazine groups is 1. The fourth-order valence-corrected chi connectivity index (χ4v) is 2.21. The predicted octanol–water partition coefficient (Wildman–Crippen LogP) is 3.71. The van der Waals surface area contributed by atoms with Gasteiger partial charge in [0.1, 0.15) is 0 Å². The average molecular weight is 296 g/mol. The molecule has 1 aromatic rings. The van der Waals surface area contributed by atoms with Gasteiger partial charge in [0, 0.05) is 5.56 Å². The average Bonchev–Trinajstić information content (AvgIpc) is 2.42. The van der Waals surface area contributed by atoms with E-state index < -0.39 is 40.7 Å². The van der Waals surface area contributed by atoms with E-state index in [4.69, 9.17) is 5.84 Å². The second-order valence-electron chi connectivity index (χ2n) is 4.83. The van der Waals surface area contributed by atoms with Crippen molar-refractivity contribution in [2.24, 2.45) is 11.8 Å². The molecule has 0 fully saturated rings. The van der Waals surface area contributed by atoms with Gasteiger partial charge in [-0.3, -0.25) is 11.3 Å². The molecule has 114 valence electrons. The van der Waals surface area contributed by atoms with Crippen molar-refractivity contribution >= 4 is 0 Å². The van der Waals surface area contributed by atoms with E-state index in [2.05, 4.69) is 5.43 Å². The molecule has 0 bridgehead atoms. The zero-order chi connectivity index (χ0) is 15.4. The second-order valence-corrected chi connectivity index (χ2v) is 4.83. The molecule has 0 saturated carbocycles. The molecule has 0 amide bonds. The van der Waals surface area contributed by atoms with Crippen LogP contribution in [0.5, 0.6) is 0 Å². The highest BCUT2D eigenvalue weighted by Gasteiger charge is 2.30. The van der Waals surface area contributed by atoms with Crippen molar-refractivity contribution in [1.29, 1.82) is 0 Å². The van der Waals surface area contributed by atoms with Gasteiger partial charge in [-0.15, -0.1) is 0 Å². The van der Waals surface area contributed by atoms with Crippen molar-refractivity contribution in [2.45, 2.75) is 39.2 Å². The van der Waals surface area contributed by atoms with Crippen molar-refractivity contribution in [3.63, 3.8) is 0 Å². The van der Waals surface area contributed by atoms with Crippen LogP contribution in [0.3, 0.4) is 0 Å². The van der Waals surface area contributed by atoms with Gasteiger partial charge in [0.2, 0.25) is 5.82 Å². The summed E-state index contributed by atoms with van der Waals surface area (Å²) in [5.74, 6) is -4.53. The third-order valence-electron chi connectivity index (χ3n) is 3.21. The molecule has 0 heterocycles. The van der Waals surface area contributed by atoms with Gasteiger partial charge in [-0.05, 0) is 12.3 Å². The Morgan fingerprint density at radius 2 is 1.40 bits per heavy atom. The van der Waals surface area contributed by atoms with Gasteiger partial charge in [0.25, 0.3) is 0 Å². The number of rotatable bonds is 6. The lowest BCUT2D eigenvalue weighted by molar-refractivity contribution is 0.334. The Labute approximate surface area is 114 Å². The summed E-state index contributed by atoms with van der Waals surface area (Å²) in [5.41, 5.74) is 1.22. The van der Waals surface area contributed by atoms with Crippen molar-refractivity contribution in [2.75, 3.05) is 0 Å². The van der Waals surface area contributed by atoms with E-state index in [9.17, 15) is 22.0 Å². The minimum Gasteiger partial charge on any atom is -0.271 e. The molecule has 0 spiro atoms. The SMILES string of the molecule is CCCC(C)CC(NN)c1c(F)c(F)c(F)c(F)c1F. The van der Waals surface area contributed by atoms with Crippen LogP contribution < -0.4 is 11.3 Å². The van der Waals surface area contributed by atoms with Gasteiger partial charge in [-0.1, -0.05) is 26.7 Å². The van der Waals surface area contributed by atoms with Gasteiger partial charge >= 0.3 is 0 Å². The Morgan fingerprint density at radius 3 is 1.80 bits per heavy atom. The largest absolute Gasteiger partial charge is 0.271 e. The number of hydrogen-bond donors (Lipinski definition) is 2. The summed E-state index contributed by atoms with van der Waals surface area (Å²) in [7, 11) is 0. The highest BCUT2D eigenvalue weighted by Crippen LogP contribution is 2.31. The van der Waals surface area contributed by atoms with Crippen LogP contribution in [-0.4, -0.2) is 0 Å². The summed E-state index contributed by atoms with van der Waals surface area (Å²) in [6.07, 6.45) is 1.77. The molecule has 2 nitrogen and oxygen atoms in total. The molecule has 2 atom stereocenters. The zero-order valence-electron chi connectivity index (χ0n) is 11.2. The molecule has 0 aliphatic heterocycles. The maximum absolute atomic E-state index is 13.7. The molecular formula is C13H17F5N2. The lowest BCUT2D eigenvalue weighted by Crippen LogP contribution is -2.31. The lowest BCUT2D eigenvalue weighted by atomic mass is 9.92. The third-order valence-corrected chi connectivity index (χ3v) is 3.21. The second kappa shape index (κ2) is 6.99. The third kappa shape index (κ3) is 3.27. The Kier molecular flexibility index (Phi) is 5.88. The van der Waals surface area contributed by atoms with Crippen LogP contribution in [0.1, 0.15) is 44.7 Å². The zero-order valence-corrected chi connectivity index (χ0v) is 11.2. The molecule has 3 N–H and O–H groups in total. The standard InChI is InChI=1S/C13H17F5N2/c1-3-4-6(2)5-7(20-19)8-9(14)11(16)13(18)12(17)10(8)15/h6-7,20H,3-5,19H2,1-2H3. The Bertz CT molecular complexity index is 449. The fraction of sp³-hybridized carbons (Fsp3) is 0.538. The van der Waals surface area contributed by atoms with Crippen LogP contribution in [0.2, 0.25) is 0 Å². The molecular weight excluding hydrogens is 279 g/mol. The van der Waals surface area contributed by atoms with E-state index in [1.165, 1.54) is 0 Å². The summed E-state index contributed by atoms with van der Waals surface area (Å²) in [4.78, 5) is 0. The minimum atomic E-state index is -2.17. The van der Waals surface area contributed by atoms with E-state index in [-0.39, 0.29) is 12.3 Å². The molecule has 0 aliphatic rings. The number of halogens is 5. The first kappa shape index (κ1) is 16.8. The van der Waals surface area contributed by atoms with E-state index >= 15 is 0 Å². The maximum Gasteiger partial charge on any atom is 0.200 e. The first-order valence-corrected chi connectivity index (χ1v) is 6.32. The maximum atomic E-state index is 13.7. The fourth-order valence-electron chi connectivity index (χ4n) is 2.21. The molecule has 0 aliphatic carbocycles. The van der Waals surface area contributed by atoms with Gasteiger partial charge in [0.05, 0.1) is 6.04 Å². The van der Waals surface area contributed by atoms with Gasteiger partial charge in [0.15, 0.2) is 23.3 Å². The highest BCUT2D eigenvalue weighted by molar-refractivity contribution is 5.27. The Hall–Kier alpha value is -1.21. The lowest BCUT2D eigenvalue weighted by Gasteiger charge is -2.22. The first-order chi connectivity index (χ1) is 9.34. The molecule has 1 aromatic carbocycles. The summed E-state index contributed by atoms with van der Waals surface area (Å²) >= 11 is 0. The quantitative estimate of drug-likeness (QED) is 0.276. The van der Waals surface area contributed by atoms with E-state index in [0.717, 1.165) is 12.8 Å². The molecule has 7 heteroatoms. The van der Waals surface area contributed by atoms with Crippen LogP contribution in [-0.2, 0) is 0 Å². The molecule has 0 aromatic heterocycles. The first-order valence-electron chi connectivity index (χ1n) is 6.32. The Morgan fingerprint density at radius 1 is 0.950 bits per heavy atom.